The Balaban J connectivity index is 4.75. The van der Waals surface area contributed by atoms with Crippen molar-refractivity contribution in [1.82, 2.24) is 0 Å². The number of allylic oxidation sites excluding steroid dienone is 3. The van der Waals surface area contributed by atoms with Gasteiger partial charge in [0.05, 0.1) is 0 Å². The third-order valence-corrected chi connectivity index (χ3v) is 12.3. The van der Waals surface area contributed by atoms with Crippen LogP contribution in [0.3, 0.4) is 0 Å². The molecule has 3 nitrogen and oxygen atoms in total. The van der Waals surface area contributed by atoms with E-state index in [0.717, 1.165) is 13.3 Å². The molecule has 0 atom stereocenters. The molecule has 0 heterocycles. The predicted molar refractivity (Wildman–Crippen MR) is 59.9 cm³/mol. The van der Waals surface area contributed by atoms with E-state index in [2.05, 4.69) is 28.0 Å². The van der Waals surface area contributed by atoms with E-state index in [1.807, 2.05) is 18.2 Å². The summed E-state index contributed by atoms with van der Waals surface area (Å²) >= 11 is -2.71. The summed E-state index contributed by atoms with van der Waals surface area (Å²) in [6, 6.07) is 0. The van der Waals surface area contributed by atoms with Crippen LogP contribution in [0.15, 0.2) is 41.3 Å². The van der Waals surface area contributed by atoms with Gasteiger partial charge >= 0.3 is 83.7 Å². The van der Waals surface area contributed by atoms with E-state index in [1.54, 1.807) is 0 Å². The van der Waals surface area contributed by atoms with Crippen LogP contribution in [0.1, 0.15) is 0 Å². The molecule has 0 unspecified atom stereocenters. The van der Waals surface area contributed by atoms with Gasteiger partial charge in [-0.25, -0.2) is 0 Å². The van der Waals surface area contributed by atoms with Crippen LogP contribution in [-0.4, -0.2) is 18.7 Å². The van der Waals surface area contributed by atoms with Crippen molar-refractivity contribution in [2.24, 2.45) is 3.34 Å². The van der Waals surface area contributed by atoms with Gasteiger partial charge in [-0.2, -0.15) is 0 Å². The van der Waals surface area contributed by atoms with Gasteiger partial charge in [-0.1, -0.05) is 0 Å². The van der Waals surface area contributed by atoms with E-state index in [1.165, 1.54) is 0 Å². The molecule has 70 valence electrons. The first-order chi connectivity index (χ1) is 6.24. The first-order valence-corrected chi connectivity index (χ1v) is 11.5. The molecule has 13 heavy (non-hydrogen) atoms. The van der Waals surface area contributed by atoms with E-state index in [9.17, 15) is 0 Å². The van der Waals surface area contributed by atoms with Crippen molar-refractivity contribution in [1.29, 1.82) is 0 Å². The van der Waals surface area contributed by atoms with Crippen LogP contribution < -0.4 is 0 Å². The van der Waals surface area contributed by atoms with Gasteiger partial charge in [0, 0.05) is 0 Å². The van der Waals surface area contributed by atoms with Crippen LogP contribution in [-0.2, 0) is 0 Å². The summed E-state index contributed by atoms with van der Waals surface area (Å²) in [7, 11) is 0. The molecular formula is C9H15N3Sn. The normalized spacial score (nSPS) is 9.85. The first-order valence-electron chi connectivity index (χ1n) is 4.13. The van der Waals surface area contributed by atoms with Gasteiger partial charge in [0.25, 0.3) is 0 Å². The van der Waals surface area contributed by atoms with Gasteiger partial charge in [0.2, 0.25) is 0 Å². The van der Waals surface area contributed by atoms with Crippen molar-refractivity contribution in [3.05, 3.63) is 48.4 Å². The molecule has 0 aliphatic heterocycles. The van der Waals surface area contributed by atoms with E-state index in [4.69, 9.17) is 5.53 Å². The Morgan fingerprint density at radius 2 is 1.46 bits per heavy atom. The molecule has 0 bridgehead atoms. The fourth-order valence-corrected chi connectivity index (χ4v) is 8.54. The molecule has 0 saturated heterocycles. The number of nitrogens with zero attached hydrogens (tertiary/aromatic N) is 3. The minimum absolute atomic E-state index is 0.858. The van der Waals surface area contributed by atoms with E-state index in [-0.39, 0.29) is 0 Å². The van der Waals surface area contributed by atoms with Gasteiger partial charge in [-0.3, -0.25) is 0 Å². The summed E-state index contributed by atoms with van der Waals surface area (Å²) in [5, 5.41) is 0. The molecule has 0 aromatic carbocycles. The van der Waals surface area contributed by atoms with Gasteiger partial charge in [-0.05, 0) is 0 Å². The maximum atomic E-state index is 8.49. The van der Waals surface area contributed by atoms with Gasteiger partial charge in [-0.15, -0.1) is 0 Å². The summed E-state index contributed by atoms with van der Waals surface area (Å²) in [6.07, 6.45) is 5.54. The second-order valence-corrected chi connectivity index (χ2v) is 13.9. The van der Waals surface area contributed by atoms with E-state index >= 15 is 0 Å². The van der Waals surface area contributed by atoms with Crippen LogP contribution >= 0.6 is 0 Å². The second kappa shape index (κ2) is 6.80. The van der Waals surface area contributed by atoms with Crippen LogP contribution in [0, 0.1) is 0 Å². The third-order valence-electron chi connectivity index (χ3n) is 1.83. The molecule has 0 rings (SSSR count). The average molecular weight is 284 g/mol. The first kappa shape index (κ1) is 12.3. The molecule has 0 aliphatic carbocycles. The number of hydrogen-bond acceptors (Lipinski definition) is 1. The van der Waals surface area contributed by atoms with Crippen LogP contribution in [0.4, 0.5) is 0 Å². The minimum atomic E-state index is -2.71. The molecule has 0 fully saturated rings. The van der Waals surface area contributed by atoms with Crippen molar-refractivity contribution in [3.8, 4) is 0 Å². The zero-order valence-electron chi connectivity index (χ0n) is 7.82. The van der Waals surface area contributed by atoms with Crippen molar-refractivity contribution in [3.63, 3.8) is 0 Å². The topological polar surface area (TPSA) is 48.8 Å². The monoisotopic (exact) mass is 285 g/mol. The van der Waals surface area contributed by atoms with Crippen molar-refractivity contribution in [2.45, 2.75) is 13.3 Å². The number of azide groups is 1. The second-order valence-electron chi connectivity index (χ2n) is 2.89. The molecule has 0 radical (unpaired) electrons. The van der Waals surface area contributed by atoms with Crippen molar-refractivity contribution >= 4 is 18.7 Å². The standard InChI is InChI=1S/3C3H5.N3.Sn/c4*1-3-2;/h3*3H,1-2H2;;/q;;;-1;+1. The Morgan fingerprint density at radius 1 is 1.08 bits per heavy atom. The molecule has 4 heteroatoms. The maximum absolute atomic E-state index is 8.49. The Labute approximate surface area is 83.7 Å². The Hall–Kier alpha value is -0.671. The van der Waals surface area contributed by atoms with Gasteiger partial charge in [0.1, 0.15) is 0 Å². The average Bonchev–Trinajstić information content (AvgIpc) is 2.06. The molecule has 0 N–H and O–H groups in total. The Morgan fingerprint density at radius 3 is 1.69 bits per heavy atom. The van der Waals surface area contributed by atoms with Crippen molar-refractivity contribution < 1.29 is 0 Å². The quantitative estimate of drug-likeness (QED) is 0.224. The van der Waals surface area contributed by atoms with Gasteiger partial charge < -0.3 is 0 Å². The number of hydrogen-bond donors (Lipinski definition) is 0. The molecule has 0 aromatic heterocycles. The summed E-state index contributed by atoms with van der Waals surface area (Å²) in [4.78, 5) is 2.94. The van der Waals surface area contributed by atoms with E-state index < -0.39 is 18.7 Å². The molecule has 0 amide bonds. The molecule has 0 aliphatic rings. The summed E-state index contributed by atoms with van der Waals surface area (Å²) in [5.74, 6) is 0. The molecular weight excluding hydrogens is 269 g/mol. The van der Waals surface area contributed by atoms with E-state index in [0.29, 0.717) is 0 Å². The van der Waals surface area contributed by atoms with Crippen molar-refractivity contribution in [2.75, 3.05) is 0 Å². The Bertz CT molecular complexity index is 215. The molecule has 0 saturated carbocycles. The van der Waals surface area contributed by atoms with Crippen LogP contribution in [0.2, 0.25) is 13.3 Å². The van der Waals surface area contributed by atoms with Crippen LogP contribution in [0.5, 0.6) is 0 Å². The Kier molecular flexibility index (Phi) is 6.45. The fraction of sp³-hybridized carbons (Fsp3) is 0.333. The summed E-state index contributed by atoms with van der Waals surface area (Å²) in [5.41, 5.74) is 8.49. The zero-order chi connectivity index (χ0) is 10.2. The SMILES string of the molecule is C=C[CH2][Sn]([CH2]C=C)([CH2]C=C)[N]=[N+]=[N-]. The summed E-state index contributed by atoms with van der Waals surface area (Å²) < 4.78 is 6.58. The molecule has 0 spiro atoms. The summed E-state index contributed by atoms with van der Waals surface area (Å²) in [6.45, 7) is 11.1. The zero-order valence-corrected chi connectivity index (χ0v) is 10.7. The van der Waals surface area contributed by atoms with Crippen LogP contribution in [0.25, 0.3) is 10.4 Å². The van der Waals surface area contributed by atoms with Gasteiger partial charge in [0.15, 0.2) is 0 Å². The fourth-order valence-electron chi connectivity index (χ4n) is 1.27. The number of rotatable bonds is 7. The third kappa shape index (κ3) is 4.20. The predicted octanol–water partition coefficient (Wildman–Crippen LogP) is 3.80. The molecule has 0 aromatic rings.